The Kier molecular flexibility index (Phi) is 4.21. The monoisotopic (exact) mass is 191 g/mol. The average Bonchev–Trinajstić information content (AvgIpc) is 2.55. The van der Waals surface area contributed by atoms with Crippen molar-refractivity contribution in [2.45, 2.75) is 33.2 Å². The van der Waals surface area contributed by atoms with E-state index in [1.807, 2.05) is 17.8 Å². The normalized spacial score (nSPS) is 9.64. The van der Waals surface area contributed by atoms with Crippen LogP contribution in [0.4, 0.5) is 0 Å². The molecule has 0 aromatic carbocycles. The summed E-state index contributed by atoms with van der Waals surface area (Å²) in [6.45, 7) is 5.73. The van der Waals surface area contributed by atoms with E-state index in [4.69, 9.17) is 5.73 Å². The van der Waals surface area contributed by atoms with Crippen molar-refractivity contribution in [2.24, 2.45) is 5.73 Å². The zero-order chi connectivity index (χ0) is 10.4. The highest BCUT2D eigenvalue weighted by Crippen LogP contribution is 2.04. The van der Waals surface area contributed by atoms with Gasteiger partial charge in [-0.3, -0.25) is 4.68 Å². The Balaban J connectivity index is 2.65. The van der Waals surface area contributed by atoms with Gasteiger partial charge in [0, 0.05) is 13.0 Å². The molecule has 0 aliphatic rings. The van der Waals surface area contributed by atoms with Crippen molar-refractivity contribution in [3.63, 3.8) is 0 Å². The second-order valence-corrected chi connectivity index (χ2v) is 3.15. The second kappa shape index (κ2) is 5.46. The van der Waals surface area contributed by atoms with E-state index in [2.05, 4.69) is 23.9 Å². The van der Waals surface area contributed by atoms with Gasteiger partial charge in [0.25, 0.3) is 0 Å². The molecule has 1 heterocycles. The molecule has 0 bridgehead atoms. The first kappa shape index (κ1) is 10.8. The van der Waals surface area contributed by atoms with Crippen molar-refractivity contribution >= 4 is 0 Å². The maximum absolute atomic E-state index is 5.38. The summed E-state index contributed by atoms with van der Waals surface area (Å²) < 4.78 is 1.95. The highest BCUT2D eigenvalue weighted by molar-refractivity contribution is 5.35. The molecule has 2 N–H and O–H groups in total. The van der Waals surface area contributed by atoms with Gasteiger partial charge in [0.2, 0.25) is 0 Å². The molecule has 0 atom stereocenters. The summed E-state index contributed by atoms with van der Waals surface area (Å²) >= 11 is 0. The number of rotatable bonds is 3. The Morgan fingerprint density at radius 1 is 1.57 bits per heavy atom. The summed E-state index contributed by atoms with van der Waals surface area (Å²) in [5, 5.41) is 4.22. The summed E-state index contributed by atoms with van der Waals surface area (Å²) in [5.74, 6) is 6.21. The first-order valence-electron chi connectivity index (χ1n) is 5.01. The van der Waals surface area contributed by atoms with E-state index >= 15 is 0 Å². The van der Waals surface area contributed by atoms with E-state index in [0.717, 1.165) is 30.6 Å². The second-order valence-electron chi connectivity index (χ2n) is 3.15. The van der Waals surface area contributed by atoms with Crippen LogP contribution >= 0.6 is 0 Å². The number of aryl methyl sites for hydroxylation is 1. The van der Waals surface area contributed by atoms with Crippen molar-refractivity contribution in [2.75, 3.05) is 6.54 Å². The summed E-state index contributed by atoms with van der Waals surface area (Å²) in [5.41, 5.74) is 7.56. The van der Waals surface area contributed by atoms with Gasteiger partial charge in [-0.1, -0.05) is 11.8 Å². The van der Waals surface area contributed by atoms with Gasteiger partial charge in [-0.05, 0) is 26.8 Å². The van der Waals surface area contributed by atoms with Gasteiger partial charge in [-0.15, -0.1) is 0 Å². The molecule has 0 unspecified atom stereocenters. The minimum Gasteiger partial charge on any atom is -0.330 e. The molecule has 76 valence electrons. The maximum atomic E-state index is 5.38. The topological polar surface area (TPSA) is 43.8 Å². The fourth-order valence-corrected chi connectivity index (χ4v) is 1.24. The number of hydrogen-bond acceptors (Lipinski definition) is 2. The number of nitrogens with zero attached hydrogens (tertiary/aromatic N) is 2. The number of hydrogen-bond donors (Lipinski definition) is 1. The third kappa shape index (κ3) is 2.61. The zero-order valence-corrected chi connectivity index (χ0v) is 8.88. The lowest BCUT2D eigenvalue weighted by Gasteiger charge is -1.97. The highest BCUT2D eigenvalue weighted by atomic mass is 15.3. The molecule has 0 radical (unpaired) electrons. The van der Waals surface area contributed by atoms with Crippen molar-refractivity contribution in [1.29, 1.82) is 0 Å². The summed E-state index contributed by atoms with van der Waals surface area (Å²) in [6.07, 6.45) is 3.66. The van der Waals surface area contributed by atoms with Crippen LogP contribution in [0.5, 0.6) is 0 Å². The lowest BCUT2D eigenvalue weighted by atomic mass is 10.2. The van der Waals surface area contributed by atoms with Crippen LogP contribution in [0.3, 0.4) is 0 Å². The smallest absolute Gasteiger partial charge is 0.0654 e. The van der Waals surface area contributed by atoms with Crippen molar-refractivity contribution in [3.8, 4) is 11.8 Å². The van der Waals surface area contributed by atoms with Crippen LogP contribution in [0, 0.1) is 18.8 Å². The quantitative estimate of drug-likeness (QED) is 0.578. The van der Waals surface area contributed by atoms with Gasteiger partial charge >= 0.3 is 0 Å². The van der Waals surface area contributed by atoms with Gasteiger partial charge in [-0.25, -0.2) is 0 Å². The first-order chi connectivity index (χ1) is 6.79. The predicted octanol–water partition coefficient (Wildman–Crippen LogP) is 1.30. The molecule has 0 saturated heterocycles. The van der Waals surface area contributed by atoms with Crippen LogP contribution in [0.1, 0.15) is 31.0 Å². The summed E-state index contributed by atoms with van der Waals surface area (Å²) in [6, 6.07) is 0. The number of aromatic nitrogens is 2. The predicted molar refractivity (Wildman–Crippen MR) is 57.8 cm³/mol. The Morgan fingerprint density at radius 2 is 2.36 bits per heavy atom. The van der Waals surface area contributed by atoms with Crippen LogP contribution in [0.2, 0.25) is 0 Å². The zero-order valence-electron chi connectivity index (χ0n) is 8.88. The maximum Gasteiger partial charge on any atom is 0.0654 e. The molecule has 0 aliphatic heterocycles. The minimum absolute atomic E-state index is 0.710. The van der Waals surface area contributed by atoms with Crippen molar-refractivity contribution < 1.29 is 0 Å². The Morgan fingerprint density at radius 3 is 2.93 bits per heavy atom. The third-order valence-corrected chi connectivity index (χ3v) is 2.13. The standard InChI is InChI=1S/C11H17N3/c1-3-14-10(2)11(9-13-14)7-5-4-6-8-12/h9H,3-4,6,8,12H2,1-2H3. The van der Waals surface area contributed by atoms with E-state index in [9.17, 15) is 0 Å². The Labute approximate surface area is 85.3 Å². The molecule has 14 heavy (non-hydrogen) atoms. The van der Waals surface area contributed by atoms with Crippen molar-refractivity contribution in [3.05, 3.63) is 17.5 Å². The Bertz CT molecular complexity index is 341. The molecule has 0 saturated carbocycles. The lowest BCUT2D eigenvalue weighted by Crippen LogP contribution is -1.98. The van der Waals surface area contributed by atoms with Crippen LogP contribution in [0.25, 0.3) is 0 Å². The van der Waals surface area contributed by atoms with Gasteiger partial charge in [0.15, 0.2) is 0 Å². The average molecular weight is 191 g/mol. The van der Waals surface area contributed by atoms with Crippen LogP contribution in [-0.2, 0) is 6.54 Å². The highest BCUT2D eigenvalue weighted by Gasteiger charge is 2.00. The largest absolute Gasteiger partial charge is 0.330 e. The fourth-order valence-electron chi connectivity index (χ4n) is 1.24. The van der Waals surface area contributed by atoms with Crippen LogP contribution in [0.15, 0.2) is 6.20 Å². The molecule has 1 aromatic heterocycles. The molecule has 1 aromatic rings. The van der Waals surface area contributed by atoms with Gasteiger partial charge in [0.1, 0.15) is 0 Å². The molecule has 3 heteroatoms. The van der Waals surface area contributed by atoms with Gasteiger partial charge < -0.3 is 5.73 Å². The third-order valence-electron chi connectivity index (χ3n) is 2.13. The molecule has 0 spiro atoms. The molecule has 0 aliphatic carbocycles. The fraction of sp³-hybridized carbons (Fsp3) is 0.545. The lowest BCUT2D eigenvalue weighted by molar-refractivity contribution is 0.639. The number of nitrogens with two attached hydrogens (primary N) is 1. The summed E-state index contributed by atoms with van der Waals surface area (Å²) in [7, 11) is 0. The van der Waals surface area contributed by atoms with Crippen LogP contribution < -0.4 is 5.73 Å². The van der Waals surface area contributed by atoms with E-state index in [1.54, 1.807) is 0 Å². The van der Waals surface area contributed by atoms with Gasteiger partial charge in [0.05, 0.1) is 17.5 Å². The first-order valence-corrected chi connectivity index (χ1v) is 5.01. The number of unbranched alkanes of at least 4 members (excludes halogenated alkanes) is 1. The SMILES string of the molecule is CCn1ncc(C#CCCCN)c1C. The van der Waals surface area contributed by atoms with E-state index in [0.29, 0.717) is 6.54 Å². The van der Waals surface area contributed by atoms with E-state index < -0.39 is 0 Å². The van der Waals surface area contributed by atoms with Gasteiger partial charge in [-0.2, -0.15) is 5.10 Å². The minimum atomic E-state index is 0.710. The molecule has 1 rings (SSSR count). The van der Waals surface area contributed by atoms with E-state index in [1.165, 1.54) is 0 Å². The Hall–Kier alpha value is -1.27. The molecule has 0 fully saturated rings. The molecular formula is C11H17N3. The molecule has 0 amide bonds. The van der Waals surface area contributed by atoms with E-state index in [-0.39, 0.29) is 0 Å². The molecule has 3 nitrogen and oxygen atoms in total. The summed E-state index contributed by atoms with van der Waals surface area (Å²) in [4.78, 5) is 0. The van der Waals surface area contributed by atoms with Crippen molar-refractivity contribution in [1.82, 2.24) is 9.78 Å². The molecular weight excluding hydrogens is 174 g/mol. The van der Waals surface area contributed by atoms with Crippen LogP contribution in [-0.4, -0.2) is 16.3 Å².